The van der Waals surface area contributed by atoms with Gasteiger partial charge in [0.1, 0.15) is 13.2 Å². The van der Waals surface area contributed by atoms with E-state index in [4.69, 9.17) is 4.74 Å². The molecular formula is C23H27N2O+. The van der Waals surface area contributed by atoms with Crippen LogP contribution in [0.1, 0.15) is 18.1 Å². The number of fused-ring (bicyclic) bond motifs is 1. The molecule has 2 aliphatic heterocycles. The Hall–Kier alpha value is -2.39. The van der Waals surface area contributed by atoms with Crippen LogP contribution >= 0.6 is 0 Å². The van der Waals surface area contributed by atoms with Crippen LogP contribution in [0.3, 0.4) is 0 Å². The molecule has 2 heterocycles. The Morgan fingerprint density at radius 3 is 2.50 bits per heavy atom. The maximum Gasteiger partial charge on any atom is 0.166 e. The molecule has 0 amide bonds. The lowest BCUT2D eigenvalue weighted by molar-refractivity contribution is -0.544. The summed E-state index contributed by atoms with van der Waals surface area (Å²) in [5.74, 6) is 0. The quantitative estimate of drug-likeness (QED) is 0.788. The average molecular weight is 347 g/mol. The molecule has 0 aromatic heterocycles. The molecule has 1 atom stereocenters. The maximum atomic E-state index is 5.47. The summed E-state index contributed by atoms with van der Waals surface area (Å²) in [7, 11) is 2.19. The summed E-state index contributed by atoms with van der Waals surface area (Å²) in [6.45, 7) is 5.95. The van der Waals surface area contributed by atoms with Gasteiger partial charge in [0.25, 0.3) is 0 Å². The van der Waals surface area contributed by atoms with Crippen molar-refractivity contribution in [2.75, 3.05) is 38.3 Å². The van der Waals surface area contributed by atoms with Crippen molar-refractivity contribution in [1.82, 2.24) is 0 Å². The molecule has 0 bridgehead atoms. The Kier molecular flexibility index (Phi) is 4.64. The van der Waals surface area contributed by atoms with E-state index in [0.29, 0.717) is 0 Å². The molecule has 0 saturated carbocycles. The van der Waals surface area contributed by atoms with Crippen molar-refractivity contribution in [2.24, 2.45) is 0 Å². The smallest absolute Gasteiger partial charge is 0.166 e. The Labute approximate surface area is 156 Å². The minimum absolute atomic E-state index is 0.0323. The molecule has 0 radical (unpaired) electrons. The molecule has 134 valence electrons. The van der Waals surface area contributed by atoms with E-state index in [0.717, 1.165) is 32.7 Å². The van der Waals surface area contributed by atoms with Crippen LogP contribution in [-0.2, 0) is 16.6 Å². The maximum absolute atomic E-state index is 5.47. The van der Waals surface area contributed by atoms with E-state index in [9.17, 15) is 0 Å². The number of allylic oxidation sites excluding steroid dienone is 2. The summed E-state index contributed by atoms with van der Waals surface area (Å²) in [6, 6.07) is 19.6. The lowest BCUT2D eigenvalue weighted by Gasteiger charge is -2.28. The average Bonchev–Trinajstić information content (AvgIpc) is 2.89. The predicted octanol–water partition coefficient (Wildman–Crippen LogP) is 3.63. The number of likely N-dealkylation sites (N-methyl/N-ethyl adjacent to an activating group) is 1. The molecule has 26 heavy (non-hydrogen) atoms. The van der Waals surface area contributed by atoms with Gasteiger partial charge in [0, 0.05) is 29.9 Å². The number of ether oxygens (including phenoxy) is 1. The van der Waals surface area contributed by atoms with Crippen molar-refractivity contribution >= 4 is 11.9 Å². The fourth-order valence-corrected chi connectivity index (χ4v) is 4.26. The molecule has 2 aromatic carbocycles. The van der Waals surface area contributed by atoms with Gasteiger partial charge in [-0.2, -0.15) is 0 Å². The summed E-state index contributed by atoms with van der Waals surface area (Å²) >= 11 is 0. The van der Waals surface area contributed by atoms with Crippen LogP contribution in [0.2, 0.25) is 0 Å². The summed E-state index contributed by atoms with van der Waals surface area (Å²) in [5.41, 5.74) is 5.42. The van der Waals surface area contributed by atoms with Crippen molar-refractivity contribution < 1.29 is 9.31 Å². The second kappa shape index (κ2) is 7.08. The molecule has 1 saturated heterocycles. The van der Waals surface area contributed by atoms with Gasteiger partial charge in [0.05, 0.1) is 0 Å². The lowest BCUT2D eigenvalue weighted by Crippen LogP contribution is -2.31. The molecule has 4 rings (SSSR count). The number of morpholine rings is 1. The van der Waals surface area contributed by atoms with E-state index in [1.807, 2.05) is 0 Å². The highest BCUT2D eigenvalue weighted by molar-refractivity contribution is 5.77. The zero-order chi connectivity index (χ0) is 18.0. The van der Waals surface area contributed by atoms with Crippen LogP contribution in [0.25, 0.3) is 0 Å². The van der Waals surface area contributed by atoms with Crippen LogP contribution in [0.15, 0.2) is 66.4 Å². The Bertz CT molecular complexity index is 832. The van der Waals surface area contributed by atoms with Gasteiger partial charge < -0.3 is 9.64 Å². The minimum atomic E-state index is -0.0323. The van der Waals surface area contributed by atoms with Gasteiger partial charge in [-0.25, -0.2) is 4.58 Å². The third kappa shape index (κ3) is 3.08. The summed E-state index contributed by atoms with van der Waals surface area (Å²) < 4.78 is 7.83. The van der Waals surface area contributed by atoms with E-state index in [-0.39, 0.29) is 5.41 Å². The lowest BCUT2D eigenvalue weighted by atomic mass is 9.76. The summed E-state index contributed by atoms with van der Waals surface area (Å²) in [6.07, 6.45) is 5.57. The van der Waals surface area contributed by atoms with Crippen molar-refractivity contribution in [3.05, 3.63) is 77.5 Å². The third-order valence-corrected chi connectivity index (χ3v) is 5.68. The van der Waals surface area contributed by atoms with Crippen molar-refractivity contribution in [2.45, 2.75) is 18.8 Å². The molecular weight excluding hydrogens is 320 g/mol. The van der Waals surface area contributed by atoms with E-state index < -0.39 is 0 Å². The topological polar surface area (TPSA) is 15.5 Å². The molecule has 2 aliphatic rings. The third-order valence-electron chi connectivity index (χ3n) is 5.68. The first-order valence-corrected chi connectivity index (χ1v) is 9.43. The van der Waals surface area contributed by atoms with Gasteiger partial charge in [-0.1, -0.05) is 48.5 Å². The largest absolute Gasteiger partial charge is 0.368 e. The van der Waals surface area contributed by atoms with Crippen LogP contribution in [0, 0.1) is 0 Å². The minimum Gasteiger partial charge on any atom is -0.368 e. The highest BCUT2D eigenvalue weighted by Crippen LogP contribution is 2.48. The number of benzene rings is 2. The summed E-state index contributed by atoms with van der Waals surface area (Å²) in [4.78, 5) is 2.36. The number of rotatable bonds is 3. The number of nitrogens with zero attached hydrogens (tertiary/aromatic N) is 2. The normalized spacial score (nSPS) is 24.0. The fourth-order valence-electron chi connectivity index (χ4n) is 4.26. The Morgan fingerprint density at radius 2 is 1.73 bits per heavy atom. The standard InChI is InChI=1S/C23H27N2O/c1-23(18-19-8-4-3-5-9-19)20-10-6-7-11-21(20)24(2)22(23)12-13-25-14-16-26-17-15-25/h3-13H,14-18H2,1-2H3/q+1. The number of hydrogen-bond donors (Lipinski definition) is 0. The number of hydrogen-bond acceptors (Lipinski definition) is 2. The highest BCUT2D eigenvalue weighted by Gasteiger charge is 2.42. The van der Waals surface area contributed by atoms with E-state index in [2.05, 4.69) is 90.3 Å². The number of anilines is 1. The molecule has 0 spiro atoms. The van der Waals surface area contributed by atoms with Crippen LogP contribution in [0.5, 0.6) is 0 Å². The van der Waals surface area contributed by atoms with Gasteiger partial charge in [-0.05, 0) is 30.5 Å². The van der Waals surface area contributed by atoms with E-state index >= 15 is 0 Å². The first-order chi connectivity index (χ1) is 12.7. The van der Waals surface area contributed by atoms with E-state index in [1.165, 1.54) is 22.5 Å². The van der Waals surface area contributed by atoms with Gasteiger partial charge in [-0.15, -0.1) is 0 Å². The highest BCUT2D eigenvalue weighted by atomic mass is 16.5. The second-order valence-electron chi connectivity index (χ2n) is 7.42. The SMILES string of the molecule is CN1C(=CC=[N+]2CCOCC2)C(C)(Cc2ccccc2)c2ccccc21. The first kappa shape index (κ1) is 17.0. The van der Waals surface area contributed by atoms with Crippen LogP contribution in [0.4, 0.5) is 5.69 Å². The van der Waals surface area contributed by atoms with Gasteiger partial charge in [0.2, 0.25) is 0 Å². The predicted molar refractivity (Wildman–Crippen MR) is 107 cm³/mol. The molecule has 1 unspecified atom stereocenters. The van der Waals surface area contributed by atoms with Gasteiger partial charge in [0.15, 0.2) is 19.3 Å². The van der Waals surface area contributed by atoms with Crippen LogP contribution in [-0.4, -0.2) is 44.1 Å². The summed E-state index contributed by atoms with van der Waals surface area (Å²) in [5, 5.41) is 0. The monoisotopic (exact) mass is 347 g/mol. The molecule has 1 fully saturated rings. The van der Waals surface area contributed by atoms with Crippen molar-refractivity contribution in [1.29, 1.82) is 0 Å². The zero-order valence-electron chi connectivity index (χ0n) is 15.7. The molecule has 0 N–H and O–H groups in total. The number of para-hydroxylation sites is 1. The van der Waals surface area contributed by atoms with Gasteiger partial charge in [-0.3, -0.25) is 0 Å². The fraction of sp³-hybridized carbons (Fsp3) is 0.348. The molecule has 0 aliphatic carbocycles. The Balaban J connectivity index is 1.75. The van der Waals surface area contributed by atoms with Gasteiger partial charge >= 0.3 is 0 Å². The first-order valence-electron chi connectivity index (χ1n) is 9.43. The molecule has 3 heteroatoms. The van der Waals surface area contributed by atoms with E-state index in [1.54, 1.807) is 0 Å². The second-order valence-corrected chi connectivity index (χ2v) is 7.42. The zero-order valence-corrected chi connectivity index (χ0v) is 15.7. The molecule has 2 aromatic rings. The van der Waals surface area contributed by atoms with Crippen molar-refractivity contribution in [3.8, 4) is 0 Å². The Morgan fingerprint density at radius 1 is 1.04 bits per heavy atom. The van der Waals surface area contributed by atoms with Crippen LogP contribution < -0.4 is 4.90 Å². The molecule has 3 nitrogen and oxygen atoms in total. The van der Waals surface area contributed by atoms with Crippen molar-refractivity contribution in [3.63, 3.8) is 0 Å².